The van der Waals surface area contributed by atoms with Crippen molar-refractivity contribution >= 4 is 5.78 Å². The molecular formula is C20H32NO3+. The van der Waals surface area contributed by atoms with E-state index in [0.29, 0.717) is 25.6 Å². The van der Waals surface area contributed by atoms with Gasteiger partial charge in [-0.2, -0.15) is 0 Å². The van der Waals surface area contributed by atoms with Crippen LogP contribution in [-0.4, -0.2) is 36.2 Å². The molecule has 0 bridgehead atoms. The van der Waals surface area contributed by atoms with Crippen LogP contribution >= 0.6 is 0 Å². The third-order valence-corrected chi connectivity index (χ3v) is 4.93. The first kappa shape index (κ1) is 18.9. The van der Waals surface area contributed by atoms with Crippen molar-refractivity contribution in [2.45, 2.75) is 64.5 Å². The average molecular weight is 334 g/mol. The van der Waals surface area contributed by atoms with Crippen LogP contribution in [0.1, 0.15) is 51.5 Å². The van der Waals surface area contributed by atoms with Crippen molar-refractivity contribution in [2.24, 2.45) is 5.92 Å². The Morgan fingerprint density at radius 2 is 1.92 bits per heavy atom. The van der Waals surface area contributed by atoms with Gasteiger partial charge in [0.2, 0.25) is 0 Å². The molecule has 1 atom stereocenters. The molecule has 24 heavy (non-hydrogen) atoms. The number of quaternary nitrogens is 1. The molecule has 0 heterocycles. The first-order chi connectivity index (χ1) is 11.5. The molecule has 0 aliphatic heterocycles. The zero-order valence-corrected chi connectivity index (χ0v) is 15.0. The number of aliphatic hydroxyl groups is 1. The number of Topliss-reactive ketones (excluding diaryl/α,β-unsaturated/α-hetero) is 1. The fourth-order valence-electron chi connectivity index (χ4n) is 3.20. The van der Waals surface area contributed by atoms with Crippen LogP contribution in [0.5, 0.6) is 5.75 Å². The van der Waals surface area contributed by atoms with Gasteiger partial charge < -0.3 is 20.0 Å². The van der Waals surface area contributed by atoms with Gasteiger partial charge >= 0.3 is 0 Å². The van der Waals surface area contributed by atoms with Crippen molar-refractivity contribution < 1.29 is 20.0 Å². The van der Waals surface area contributed by atoms with Crippen molar-refractivity contribution in [3.05, 3.63) is 29.8 Å². The Morgan fingerprint density at radius 3 is 2.54 bits per heavy atom. The monoisotopic (exact) mass is 334 g/mol. The summed E-state index contributed by atoms with van der Waals surface area (Å²) in [5.41, 5.74) is 1.14. The summed E-state index contributed by atoms with van der Waals surface area (Å²) in [6.07, 6.45) is 6.05. The minimum Gasteiger partial charge on any atom is -0.491 e. The molecule has 0 radical (unpaired) electrons. The van der Waals surface area contributed by atoms with E-state index in [9.17, 15) is 9.90 Å². The molecule has 1 aromatic rings. The number of carbonyl (C=O) groups excluding carboxylic acids is 1. The topological polar surface area (TPSA) is 63.1 Å². The Morgan fingerprint density at radius 1 is 1.25 bits per heavy atom. The lowest BCUT2D eigenvalue weighted by molar-refractivity contribution is -0.697. The number of hydrogen-bond donors (Lipinski definition) is 2. The molecule has 1 aliphatic carbocycles. The number of ketones is 1. The zero-order chi connectivity index (χ0) is 17.4. The molecule has 1 fully saturated rings. The van der Waals surface area contributed by atoms with Crippen molar-refractivity contribution in [3.8, 4) is 5.75 Å². The average Bonchev–Trinajstić information content (AvgIpc) is 2.58. The van der Waals surface area contributed by atoms with Gasteiger partial charge in [0.15, 0.2) is 0 Å². The maximum absolute atomic E-state index is 11.0. The van der Waals surface area contributed by atoms with Crippen LogP contribution in [0, 0.1) is 5.92 Å². The minimum atomic E-state index is -0.443. The van der Waals surface area contributed by atoms with E-state index in [-0.39, 0.29) is 5.78 Å². The van der Waals surface area contributed by atoms with Crippen molar-refractivity contribution in [1.29, 1.82) is 0 Å². The summed E-state index contributed by atoms with van der Waals surface area (Å²) in [6.45, 7) is 4.97. The number of ether oxygens (including phenoxy) is 1. The highest BCUT2D eigenvalue weighted by molar-refractivity contribution is 5.75. The van der Waals surface area contributed by atoms with Crippen molar-refractivity contribution in [2.75, 3.05) is 13.2 Å². The second kappa shape index (κ2) is 9.80. The molecule has 0 aromatic heterocycles. The van der Waals surface area contributed by atoms with Crippen LogP contribution < -0.4 is 10.1 Å². The van der Waals surface area contributed by atoms with E-state index in [2.05, 4.69) is 12.2 Å². The first-order valence-corrected chi connectivity index (χ1v) is 9.25. The van der Waals surface area contributed by atoms with Crippen LogP contribution in [-0.2, 0) is 11.2 Å². The Balaban J connectivity index is 1.64. The maximum atomic E-state index is 11.0. The third kappa shape index (κ3) is 7.02. The number of aliphatic hydroxyl groups excluding tert-OH is 1. The number of rotatable bonds is 9. The van der Waals surface area contributed by atoms with Gasteiger partial charge in [-0.15, -0.1) is 0 Å². The SMILES string of the molecule is CC(=O)CCc1ccc(OC[C@H](O)C[NH2+]C2CCC(C)CC2)cc1. The van der Waals surface area contributed by atoms with Crippen molar-refractivity contribution in [1.82, 2.24) is 0 Å². The Hall–Kier alpha value is -1.39. The minimum absolute atomic E-state index is 0.210. The first-order valence-electron chi connectivity index (χ1n) is 9.25. The summed E-state index contributed by atoms with van der Waals surface area (Å²) in [5, 5.41) is 12.4. The summed E-state index contributed by atoms with van der Waals surface area (Å²) in [6, 6.07) is 8.46. The molecule has 1 aliphatic rings. The molecule has 4 nitrogen and oxygen atoms in total. The lowest BCUT2D eigenvalue weighted by atomic mass is 9.87. The molecule has 2 rings (SSSR count). The van der Waals surface area contributed by atoms with Gasteiger partial charge in [0.25, 0.3) is 0 Å². The highest BCUT2D eigenvalue weighted by atomic mass is 16.5. The molecule has 134 valence electrons. The van der Waals surface area contributed by atoms with Gasteiger partial charge in [-0.05, 0) is 62.6 Å². The summed E-state index contributed by atoms with van der Waals surface area (Å²) in [5.74, 6) is 1.84. The van der Waals surface area contributed by atoms with Gasteiger partial charge in [-0.1, -0.05) is 19.1 Å². The van der Waals surface area contributed by atoms with Crippen LogP contribution in [0.4, 0.5) is 0 Å². The smallest absolute Gasteiger partial charge is 0.137 e. The lowest BCUT2D eigenvalue weighted by Gasteiger charge is -2.25. The molecule has 1 aromatic carbocycles. The molecule has 0 amide bonds. The molecule has 4 heteroatoms. The molecule has 1 saturated carbocycles. The van der Waals surface area contributed by atoms with E-state index < -0.39 is 6.10 Å². The second-order valence-corrected chi connectivity index (χ2v) is 7.30. The predicted octanol–water partition coefficient (Wildman–Crippen LogP) is 2.09. The van der Waals surface area contributed by atoms with E-state index in [1.54, 1.807) is 6.92 Å². The molecule has 3 N–H and O–H groups in total. The number of aryl methyl sites for hydroxylation is 1. The van der Waals surface area contributed by atoms with Crippen LogP contribution in [0.2, 0.25) is 0 Å². The Bertz CT molecular complexity index is 492. The fourth-order valence-corrected chi connectivity index (χ4v) is 3.20. The number of carbonyl (C=O) groups is 1. The predicted molar refractivity (Wildman–Crippen MR) is 95.2 cm³/mol. The van der Waals surface area contributed by atoms with E-state index in [1.165, 1.54) is 25.7 Å². The van der Waals surface area contributed by atoms with Gasteiger partial charge in [-0.3, -0.25) is 0 Å². The summed E-state index contributed by atoms with van der Waals surface area (Å²) in [7, 11) is 0. The van der Waals surface area contributed by atoms with Gasteiger partial charge in [0.1, 0.15) is 30.8 Å². The highest BCUT2D eigenvalue weighted by Gasteiger charge is 2.21. The highest BCUT2D eigenvalue weighted by Crippen LogP contribution is 2.21. The van der Waals surface area contributed by atoms with Crippen LogP contribution in [0.15, 0.2) is 24.3 Å². The molecule has 0 unspecified atom stereocenters. The molecular weight excluding hydrogens is 302 g/mol. The van der Waals surface area contributed by atoms with Crippen molar-refractivity contribution in [3.63, 3.8) is 0 Å². The summed E-state index contributed by atoms with van der Waals surface area (Å²) in [4.78, 5) is 11.0. The zero-order valence-electron chi connectivity index (χ0n) is 15.0. The Kier molecular flexibility index (Phi) is 7.73. The quantitative estimate of drug-likeness (QED) is 0.727. The number of benzene rings is 1. The van der Waals surface area contributed by atoms with Gasteiger partial charge in [0.05, 0.1) is 6.04 Å². The van der Waals surface area contributed by atoms with Gasteiger partial charge in [0, 0.05) is 6.42 Å². The van der Waals surface area contributed by atoms with E-state index in [1.807, 2.05) is 24.3 Å². The van der Waals surface area contributed by atoms with E-state index in [4.69, 9.17) is 4.74 Å². The number of nitrogens with two attached hydrogens (primary N) is 1. The van der Waals surface area contributed by atoms with E-state index in [0.717, 1.165) is 23.7 Å². The maximum Gasteiger partial charge on any atom is 0.137 e. The largest absolute Gasteiger partial charge is 0.491 e. The van der Waals surface area contributed by atoms with Crippen LogP contribution in [0.25, 0.3) is 0 Å². The van der Waals surface area contributed by atoms with Crippen LogP contribution in [0.3, 0.4) is 0 Å². The standard InChI is InChI=1S/C20H31NO3/c1-15-3-9-18(10-4-15)21-13-19(23)14-24-20-11-7-17(8-12-20)6-5-16(2)22/h7-8,11-12,15,18-19,21,23H,3-6,9-10,13-14H2,1-2H3/p+1/t15?,18?,19-/m1/s1. The normalized spacial score (nSPS) is 22.1. The third-order valence-electron chi connectivity index (χ3n) is 4.93. The summed E-state index contributed by atoms with van der Waals surface area (Å²) < 4.78 is 5.67. The summed E-state index contributed by atoms with van der Waals surface area (Å²) >= 11 is 0. The van der Waals surface area contributed by atoms with E-state index >= 15 is 0 Å². The second-order valence-electron chi connectivity index (χ2n) is 7.30. The molecule has 0 saturated heterocycles. The lowest BCUT2D eigenvalue weighted by Crippen LogP contribution is -2.92. The van der Waals surface area contributed by atoms with Gasteiger partial charge in [-0.25, -0.2) is 0 Å². The molecule has 0 spiro atoms. The fraction of sp³-hybridized carbons (Fsp3) is 0.650. The Labute approximate surface area is 145 Å². The number of hydrogen-bond acceptors (Lipinski definition) is 3.